The lowest BCUT2D eigenvalue weighted by molar-refractivity contribution is 0.0183. The van der Waals surface area contributed by atoms with Crippen LogP contribution in [0.5, 0.6) is 0 Å². The standard InChI is InChI=1S/C17H27BrN2O2S/c1-12(15-9-14(18)11-23-15)19-10-13-5-7-20(8-6-13)16(21)22-17(2,3)4/h9,11-13,19H,5-8,10H2,1-4H3. The molecule has 2 rings (SSSR count). The molecule has 1 aromatic heterocycles. The van der Waals surface area contributed by atoms with E-state index >= 15 is 0 Å². The van der Waals surface area contributed by atoms with Crippen LogP contribution < -0.4 is 5.32 Å². The summed E-state index contributed by atoms with van der Waals surface area (Å²) in [6, 6.07) is 2.54. The topological polar surface area (TPSA) is 41.6 Å². The summed E-state index contributed by atoms with van der Waals surface area (Å²) in [4.78, 5) is 15.2. The molecule has 1 aromatic rings. The number of amides is 1. The van der Waals surface area contributed by atoms with E-state index in [1.165, 1.54) is 4.88 Å². The highest BCUT2D eigenvalue weighted by Gasteiger charge is 2.26. The van der Waals surface area contributed by atoms with Gasteiger partial charge in [0.25, 0.3) is 0 Å². The zero-order valence-electron chi connectivity index (χ0n) is 14.4. The molecule has 6 heteroatoms. The third-order valence-electron chi connectivity index (χ3n) is 3.99. The second-order valence-electron chi connectivity index (χ2n) is 7.21. The molecule has 1 N–H and O–H groups in total. The molecule has 0 aliphatic carbocycles. The molecule has 0 saturated carbocycles. The lowest BCUT2D eigenvalue weighted by Gasteiger charge is -2.33. The first-order chi connectivity index (χ1) is 10.7. The summed E-state index contributed by atoms with van der Waals surface area (Å²) in [7, 11) is 0. The molecule has 0 radical (unpaired) electrons. The Morgan fingerprint density at radius 3 is 2.65 bits per heavy atom. The Labute approximate surface area is 151 Å². The Morgan fingerprint density at radius 2 is 2.13 bits per heavy atom. The van der Waals surface area contributed by atoms with E-state index in [2.05, 4.69) is 39.6 Å². The van der Waals surface area contributed by atoms with E-state index in [1.807, 2.05) is 25.7 Å². The van der Waals surface area contributed by atoms with Crippen molar-refractivity contribution in [2.45, 2.75) is 52.2 Å². The maximum atomic E-state index is 12.1. The summed E-state index contributed by atoms with van der Waals surface area (Å²) in [5.74, 6) is 0.625. The number of likely N-dealkylation sites (tertiary alicyclic amines) is 1. The van der Waals surface area contributed by atoms with Crippen LogP contribution in [0.2, 0.25) is 0 Å². The maximum absolute atomic E-state index is 12.1. The second-order valence-corrected chi connectivity index (χ2v) is 9.07. The Balaban J connectivity index is 1.71. The van der Waals surface area contributed by atoms with Gasteiger partial charge in [0.2, 0.25) is 0 Å². The molecule has 1 amide bonds. The summed E-state index contributed by atoms with van der Waals surface area (Å²) >= 11 is 5.28. The first-order valence-electron chi connectivity index (χ1n) is 8.20. The normalized spacial score (nSPS) is 18.0. The molecule has 0 aromatic carbocycles. The minimum absolute atomic E-state index is 0.180. The first-order valence-corrected chi connectivity index (χ1v) is 9.87. The average molecular weight is 403 g/mol. The molecule has 1 aliphatic heterocycles. The van der Waals surface area contributed by atoms with E-state index in [-0.39, 0.29) is 6.09 Å². The quantitative estimate of drug-likeness (QED) is 0.785. The number of hydrogen-bond donors (Lipinski definition) is 1. The number of nitrogens with zero attached hydrogens (tertiary/aromatic N) is 1. The van der Waals surface area contributed by atoms with Crippen LogP contribution in [0.3, 0.4) is 0 Å². The fourth-order valence-corrected chi connectivity index (χ4v) is 4.12. The van der Waals surface area contributed by atoms with Gasteiger partial charge in [-0.25, -0.2) is 4.79 Å². The highest BCUT2D eigenvalue weighted by atomic mass is 79.9. The Bertz CT molecular complexity index is 519. The van der Waals surface area contributed by atoms with Gasteiger partial charge in [0.1, 0.15) is 5.60 Å². The van der Waals surface area contributed by atoms with Gasteiger partial charge in [0.15, 0.2) is 0 Å². The minimum Gasteiger partial charge on any atom is -0.444 e. The number of piperidine rings is 1. The predicted octanol–water partition coefficient (Wildman–Crippen LogP) is 4.81. The number of nitrogens with one attached hydrogen (secondary N) is 1. The van der Waals surface area contributed by atoms with Crippen LogP contribution in [0.15, 0.2) is 15.9 Å². The van der Waals surface area contributed by atoms with Gasteiger partial charge >= 0.3 is 6.09 Å². The van der Waals surface area contributed by atoms with Crippen molar-refractivity contribution < 1.29 is 9.53 Å². The summed E-state index contributed by atoms with van der Waals surface area (Å²) in [5.41, 5.74) is -0.417. The zero-order chi connectivity index (χ0) is 17.0. The molecule has 0 bridgehead atoms. The van der Waals surface area contributed by atoms with E-state index < -0.39 is 5.60 Å². The zero-order valence-corrected chi connectivity index (χ0v) is 16.8. The monoisotopic (exact) mass is 402 g/mol. The molecule has 1 fully saturated rings. The number of carbonyl (C=O) groups is 1. The van der Waals surface area contributed by atoms with E-state index in [4.69, 9.17) is 4.74 Å². The van der Waals surface area contributed by atoms with Gasteiger partial charge in [0.05, 0.1) is 0 Å². The van der Waals surface area contributed by atoms with Crippen LogP contribution in [0.4, 0.5) is 4.79 Å². The summed E-state index contributed by atoms with van der Waals surface area (Å²) in [6.07, 6.45) is 1.89. The number of hydrogen-bond acceptors (Lipinski definition) is 4. The lowest BCUT2D eigenvalue weighted by Crippen LogP contribution is -2.43. The van der Waals surface area contributed by atoms with Crippen LogP contribution in [0.25, 0.3) is 0 Å². The number of halogens is 1. The molecular formula is C17H27BrN2O2S. The van der Waals surface area contributed by atoms with E-state index in [1.54, 1.807) is 11.3 Å². The summed E-state index contributed by atoms with van der Waals surface area (Å²) in [6.45, 7) is 10.5. The molecule has 1 atom stereocenters. The second kappa shape index (κ2) is 7.99. The van der Waals surface area contributed by atoms with Crippen LogP contribution in [-0.4, -0.2) is 36.2 Å². The van der Waals surface area contributed by atoms with E-state index in [0.29, 0.717) is 12.0 Å². The Kier molecular flexibility index (Phi) is 6.51. The molecule has 23 heavy (non-hydrogen) atoms. The predicted molar refractivity (Wildman–Crippen MR) is 99.0 cm³/mol. The molecule has 1 saturated heterocycles. The van der Waals surface area contributed by atoms with Crippen LogP contribution in [0, 0.1) is 5.92 Å². The van der Waals surface area contributed by atoms with Crippen molar-refractivity contribution in [1.82, 2.24) is 10.2 Å². The van der Waals surface area contributed by atoms with Gasteiger partial charge < -0.3 is 15.0 Å². The van der Waals surface area contributed by atoms with Crippen LogP contribution in [0.1, 0.15) is 51.5 Å². The van der Waals surface area contributed by atoms with Crippen molar-refractivity contribution in [3.05, 3.63) is 20.8 Å². The fourth-order valence-electron chi connectivity index (χ4n) is 2.65. The summed E-state index contributed by atoms with van der Waals surface area (Å²) in [5, 5.41) is 5.74. The molecule has 130 valence electrons. The van der Waals surface area contributed by atoms with Crippen molar-refractivity contribution >= 4 is 33.4 Å². The van der Waals surface area contributed by atoms with Gasteiger partial charge in [-0.3, -0.25) is 0 Å². The molecule has 1 aliphatic rings. The molecule has 0 spiro atoms. The Morgan fingerprint density at radius 1 is 1.48 bits per heavy atom. The van der Waals surface area contributed by atoms with Crippen molar-refractivity contribution in [1.29, 1.82) is 0 Å². The largest absolute Gasteiger partial charge is 0.444 e. The van der Waals surface area contributed by atoms with Crippen molar-refractivity contribution in [2.24, 2.45) is 5.92 Å². The fraction of sp³-hybridized carbons (Fsp3) is 0.706. The third-order valence-corrected chi connectivity index (χ3v) is 5.87. The van der Waals surface area contributed by atoms with E-state index in [0.717, 1.165) is 36.9 Å². The van der Waals surface area contributed by atoms with Gasteiger partial charge in [-0.15, -0.1) is 11.3 Å². The number of thiophene rings is 1. The van der Waals surface area contributed by atoms with E-state index in [9.17, 15) is 4.79 Å². The van der Waals surface area contributed by atoms with Crippen molar-refractivity contribution in [3.8, 4) is 0 Å². The highest BCUT2D eigenvalue weighted by molar-refractivity contribution is 9.10. The first kappa shape index (κ1) is 18.7. The van der Waals surface area contributed by atoms with Gasteiger partial charge in [-0.1, -0.05) is 0 Å². The lowest BCUT2D eigenvalue weighted by atomic mass is 9.96. The smallest absolute Gasteiger partial charge is 0.410 e. The minimum atomic E-state index is -0.417. The molecular weight excluding hydrogens is 376 g/mol. The number of ether oxygens (including phenoxy) is 1. The SMILES string of the molecule is CC(NCC1CCN(C(=O)OC(C)(C)C)CC1)c1cc(Br)cs1. The molecule has 2 heterocycles. The number of rotatable bonds is 4. The highest BCUT2D eigenvalue weighted by Crippen LogP contribution is 2.26. The Hall–Kier alpha value is -0.590. The van der Waals surface area contributed by atoms with Crippen LogP contribution in [-0.2, 0) is 4.74 Å². The number of carbonyl (C=O) groups excluding carboxylic acids is 1. The maximum Gasteiger partial charge on any atom is 0.410 e. The van der Waals surface area contributed by atoms with Gasteiger partial charge in [0, 0.05) is 33.9 Å². The van der Waals surface area contributed by atoms with Crippen molar-refractivity contribution in [3.63, 3.8) is 0 Å². The van der Waals surface area contributed by atoms with Crippen molar-refractivity contribution in [2.75, 3.05) is 19.6 Å². The molecule has 1 unspecified atom stereocenters. The van der Waals surface area contributed by atoms with Crippen LogP contribution >= 0.6 is 27.3 Å². The van der Waals surface area contributed by atoms with Gasteiger partial charge in [-0.05, 0) is 75.0 Å². The van der Waals surface area contributed by atoms with Gasteiger partial charge in [-0.2, -0.15) is 0 Å². The molecule has 4 nitrogen and oxygen atoms in total. The third kappa shape index (κ3) is 6.08. The summed E-state index contributed by atoms with van der Waals surface area (Å²) < 4.78 is 6.59. The average Bonchev–Trinajstić information content (AvgIpc) is 2.90.